The van der Waals surface area contributed by atoms with Gasteiger partial charge in [0.15, 0.2) is 11.6 Å². The minimum atomic E-state index is -3.13. The number of benzene rings is 4. The highest BCUT2D eigenvalue weighted by atomic mass is 19.3. The number of rotatable bonds is 7. The number of halogens is 4. The second kappa shape index (κ2) is 9.43. The highest BCUT2D eigenvalue weighted by molar-refractivity contribution is 5.88. The molecule has 0 fully saturated rings. The third kappa shape index (κ3) is 4.77. The van der Waals surface area contributed by atoms with Gasteiger partial charge in [-0.25, -0.2) is 8.78 Å². The van der Waals surface area contributed by atoms with Crippen LogP contribution < -0.4 is 4.74 Å². The zero-order valence-electron chi connectivity index (χ0n) is 17.5. The molecule has 0 saturated heterocycles. The maximum Gasteiger partial charge on any atom is 0.387 e. The molecule has 1 nitrogen and oxygen atoms in total. The summed E-state index contributed by atoms with van der Waals surface area (Å²) in [5.41, 5.74) is 3.29. The van der Waals surface area contributed by atoms with E-state index >= 15 is 0 Å². The second-order valence-corrected chi connectivity index (χ2v) is 7.72. The number of ether oxygens (including phenoxy) is 1. The number of fused-ring (bicyclic) bond motifs is 1. The van der Waals surface area contributed by atoms with E-state index < -0.39 is 24.0 Å². The number of aryl methyl sites for hydroxylation is 1. The van der Waals surface area contributed by atoms with Crippen molar-refractivity contribution in [2.75, 3.05) is 0 Å². The molecule has 164 valence electrons. The van der Waals surface area contributed by atoms with E-state index in [1.807, 2.05) is 18.2 Å². The maximum absolute atomic E-state index is 14.9. The molecule has 0 radical (unpaired) electrons. The molecular weight excluding hydrogens is 416 g/mol. The molecule has 0 saturated carbocycles. The molecule has 0 aliphatic carbocycles. The summed E-state index contributed by atoms with van der Waals surface area (Å²) in [5, 5.41) is 2.21. The Labute approximate surface area is 184 Å². The molecule has 4 aromatic carbocycles. The van der Waals surface area contributed by atoms with Crippen LogP contribution in [-0.2, 0) is 6.42 Å². The summed E-state index contributed by atoms with van der Waals surface area (Å²) in [6.45, 7) is -0.957. The van der Waals surface area contributed by atoms with Gasteiger partial charge in [-0.1, -0.05) is 61.9 Å². The lowest BCUT2D eigenvalue weighted by atomic mass is 9.96. The normalized spacial score (nSPS) is 11.3. The van der Waals surface area contributed by atoms with E-state index in [0.29, 0.717) is 5.56 Å². The average molecular weight is 438 g/mol. The van der Waals surface area contributed by atoms with Crippen LogP contribution in [0.25, 0.3) is 33.0 Å². The summed E-state index contributed by atoms with van der Waals surface area (Å²) in [7, 11) is 0. The molecule has 0 atom stereocenters. The molecule has 0 unspecified atom stereocenters. The molecule has 4 aromatic rings. The van der Waals surface area contributed by atoms with E-state index in [-0.39, 0.29) is 11.1 Å². The van der Waals surface area contributed by atoms with Gasteiger partial charge in [-0.3, -0.25) is 0 Å². The van der Waals surface area contributed by atoms with Gasteiger partial charge < -0.3 is 4.74 Å². The molecule has 5 heteroatoms. The van der Waals surface area contributed by atoms with Crippen LogP contribution in [0.2, 0.25) is 0 Å². The Hall–Kier alpha value is -3.34. The first-order valence-corrected chi connectivity index (χ1v) is 10.5. The number of hydrogen-bond acceptors (Lipinski definition) is 1. The van der Waals surface area contributed by atoms with Gasteiger partial charge in [0, 0.05) is 5.56 Å². The molecule has 0 aliphatic heterocycles. The Morgan fingerprint density at radius 2 is 1.38 bits per heavy atom. The van der Waals surface area contributed by atoms with Gasteiger partial charge in [0.1, 0.15) is 5.82 Å². The first kappa shape index (κ1) is 21.9. The summed E-state index contributed by atoms with van der Waals surface area (Å²) in [6.07, 6.45) is 3.36. The molecule has 0 spiro atoms. The van der Waals surface area contributed by atoms with Crippen LogP contribution in [0.5, 0.6) is 5.75 Å². The van der Waals surface area contributed by atoms with Crippen molar-refractivity contribution in [3.63, 3.8) is 0 Å². The van der Waals surface area contributed by atoms with Gasteiger partial charge in [0.2, 0.25) is 0 Å². The summed E-state index contributed by atoms with van der Waals surface area (Å²) >= 11 is 0. The Morgan fingerprint density at radius 3 is 2.09 bits per heavy atom. The standard InChI is InChI=1S/C27H22F4O/c1-2-3-4-17-5-6-19-14-20(8-7-18(19)13-17)21-9-11-23(24(28)15-21)22-10-12-26(25(29)16-22)32-27(30)31/h5-16,27H,2-4H2,1H3. The fourth-order valence-corrected chi connectivity index (χ4v) is 3.80. The van der Waals surface area contributed by atoms with Crippen LogP contribution in [0.1, 0.15) is 25.3 Å². The molecule has 0 aromatic heterocycles. The van der Waals surface area contributed by atoms with Crippen LogP contribution in [0, 0.1) is 11.6 Å². The van der Waals surface area contributed by atoms with Crippen LogP contribution in [0.15, 0.2) is 72.8 Å². The van der Waals surface area contributed by atoms with Gasteiger partial charge >= 0.3 is 6.61 Å². The zero-order chi connectivity index (χ0) is 22.7. The first-order chi connectivity index (χ1) is 15.4. The Bertz CT molecular complexity index is 1250. The lowest BCUT2D eigenvalue weighted by Crippen LogP contribution is -2.03. The molecule has 0 amide bonds. The number of hydrogen-bond donors (Lipinski definition) is 0. The summed E-state index contributed by atoms with van der Waals surface area (Å²) in [6, 6.07) is 20.5. The first-order valence-electron chi connectivity index (χ1n) is 10.5. The van der Waals surface area contributed by atoms with Crippen LogP contribution in [0.3, 0.4) is 0 Å². The van der Waals surface area contributed by atoms with E-state index in [0.717, 1.165) is 47.7 Å². The maximum atomic E-state index is 14.9. The summed E-state index contributed by atoms with van der Waals surface area (Å²) < 4.78 is 57.6. The monoisotopic (exact) mass is 438 g/mol. The van der Waals surface area contributed by atoms with E-state index in [9.17, 15) is 17.6 Å². The van der Waals surface area contributed by atoms with Crippen LogP contribution >= 0.6 is 0 Å². The predicted octanol–water partition coefficient (Wildman–Crippen LogP) is 8.40. The smallest absolute Gasteiger partial charge is 0.387 e. The fraction of sp³-hybridized carbons (Fsp3) is 0.185. The molecule has 0 N–H and O–H groups in total. The Balaban J connectivity index is 1.61. The topological polar surface area (TPSA) is 9.23 Å². The van der Waals surface area contributed by atoms with Crippen molar-refractivity contribution < 1.29 is 22.3 Å². The Morgan fingerprint density at radius 1 is 0.719 bits per heavy atom. The van der Waals surface area contributed by atoms with E-state index in [1.54, 1.807) is 12.1 Å². The van der Waals surface area contributed by atoms with Gasteiger partial charge in [-0.2, -0.15) is 8.78 Å². The Kier molecular flexibility index (Phi) is 6.45. The zero-order valence-corrected chi connectivity index (χ0v) is 17.5. The molecular formula is C27H22F4O. The van der Waals surface area contributed by atoms with Gasteiger partial charge in [0.05, 0.1) is 0 Å². The number of unbranched alkanes of at least 4 members (excludes halogenated alkanes) is 1. The molecule has 4 rings (SSSR count). The third-order valence-electron chi connectivity index (χ3n) is 5.49. The molecule has 0 aliphatic rings. The van der Waals surface area contributed by atoms with Gasteiger partial charge in [-0.05, 0) is 70.1 Å². The van der Waals surface area contributed by atoms with Crippen molar-refractivity contribution in [3.05, 3.63) is 90.0 Å². The SMILES string of the molecule is CCCCc1ccc2cc(-c3ccc(-c4ccc(OC(F)F)c(F)c4)c(F)c3)ccc2c1. The van der Waals surface area contributed by atoms with Crippen molar-refractivity contribution in [2.45, 2.75) is 32.8 Å². The quantitative estimate of drug-likeness (QED) is 0.263. The van der Waals surface area contributed by atoms with Gasteiger partial charge in [0.25, 0.3) is 0 Å². The highest BCUT2D eigenvalue weighted by Gasteiger charge is 2.14. The van der Waals surface area contributed by atoms with Crippen molar-refractivity contribution in [2.24, 2.45) is 0 Å². The van der Waals surface area contributed by atoms with Crippen molar-refractivity contribution in [1.29, 1.82) is 0 Å². The molecule has 0 heterocycles. The highest BCUT2D eigenvalue weighted by Crippen LogP contribution is 2.32. The summed E-state index contributed by atoms with van der Waals surface area (Å²) in [4.78, 5) is 0. The van der Waals surface area contributed by atoms with Crippen molar-refractivity contribution in [1.82, 2.24) is 0 Å². The minimum Gasteiger partial charge on any atom is -0.432 e. The minimum absolute atomic E-state index is 0.178. The lowest BCUT2D eigenvalue weighted by molar-refractivity contribution is -0.0521. The van der Waals surface area contributed by atoms with Crippen molar-refractivity contribution >= 4 is 10.8 Å². The average Bonchev–Trinajstić information content (AvgIpc) is 2.78. The largest absolute Gasteiger partial charge is 0.432 e. The molecule has 0 bridgehead atoms. The van der Waals surface area contributed by atoms with Crippen LogP contribution in [0.4, 0.5) is 17.6 Å². The number of alkyl halides is 2. The van der Waals surface area contributed by atoms with E-state index in [4.69, 9.17) is 0 Å². The second-order valence-electron chi connectivity index (χ2n) is 7.72. The molecule has 32 heavy (non-hydrogen) atoms. The van der Waals surface area contributed by atoms with E-state index in [1.165, 1.54) is 17.7 Å². The lowest BCUT2D eigenvalue weighted by Gasteiger charge is -2.10. The van der Waals surface area contributed by atoms with Crippen LogP contribution in [-0.4, -0.2) is 6.61 Å². The van der Waals surface area contributed by atoms with Crippen molar-refractivity contribution in [3.8, 4) is 28.0 Å². The van der Waals surface area contributed by atoms with Gasteiger partial charge in [-0.15, -0.1) is 0 Å². The third-order valence-corrected chi connectivity index (χ3v) is 5.49. The van der Waals surface area contributed by atoms with E-state index in [2.05, 4.69) is 29.9 Å². The summed E-state index contributed by atoms with van der Waals surface area (Å²) in [5.74, 6) is -2.08. The predicted molar refractivity (Wildman–Crippen MR) is 120 cm³/mol. The fourth-order valence-electron chi connectivity index (χ4n) is 3.80.